The van der Waals surface area contributed by atoms with Gasteiger partial charge in [0.25, 0.3) is 0 Å². The van der Waals surface area contributed by atoms with Crippen LogP contribution < -0.4 is 14.8 Å². The molecule has 0 aromatic heterocycles. The first-order chi connectivity index (χ1) is 12.4. The molecule has 7 heteroatoms. The first-order valence-electron chi connectivity index (χ1n) is 8.20. The van der Waals surface area contributed by atoms with Gasteiger partial charge in [-0.15, -0.1) is 0 Å². The lowest BCUT2D eigenvalue weighted by molar-refractivity contribution is 0.280. The van der Waals surface area contributed by atoms with Gasteiger partial charge in [-0.3, -0.25) is 0 Å². The van der Waals surface area contributed by atoms with Crippen molar-refractivity contribution in [3.05, 3.63) is 56.0 Å². The quantitative estimate of drug-likeness (QED) is 0.533. The van der Waals surface area contributed by atoms with Gasteiger partial charge in [0.2, 0.25) is 0 Å². The van der Waals surface area contributed by atoms with E-state index in [4.69, 9.17) is 32.7 Å². The summed E-state index contributed by atoms with van der Waals surface area (Å²) < 4.78 is 12.6. The molecular formula is C19H23BrCl2N2O2. The van der Waals surface area contributed by atoms with Crippen LogP contribution in [-0.4, -0.2) is 39.2 Å². The topological polar surface area (TPSA) is 33.7 Å². The van der Waals surface area contributed by atoms with Gasteiger partial charge in [-0.2, -0.15) is 0 Å². The maximum Gasteiger partial charge on any atom is 0.167 e. The number of rotatable bonds is 9. The summed E-state index contributed by atoms with van der Waals surface area (Å²) in [6.07, 6.45) is 0. The minimum Gasteiger partial charge on any atom is -0.493 e. The third-order valence-electron chi connectivity index (χ3n) is 3.79. The highest BCUT2D eigenvalue weighted by Crippen LogP contribution is 2.37. The smallest absolute Gasteiger partial charge is 0.167 e. The van der Waals surface area contributed by atoms with Gasteiger partial charge >= 0.3 is 0 Å². The zero-order chi connectivity index (χ0) is 19.1. The Morgan fingerprint density at radius 3 is 2.54 bits per heavy atom. The SMILES string of the molecule is COc1ccc(Br)c(CNCCN(C)C)c1OCc1ccc(Cl)c(Cl)c1. The number of nitrogens with zero attached hydrogens (tertiary/aromatic N) is 1. The summed E-state index contributed by atoms with van der Waals surface area (Å²) >= 11 is 15.7. The molecular weight excluding hydrogens is 439 g/mol. The molecule has 0 fully saturated rings. The molecule has 1 N–H and O–H groups in total. The first kappa shape index (κ1) is 21.3. The summed E-state index contributed by atoms with van der Waals surface area (Å²) in [5, 5.41) is 4.48. The number of hydrogen-bond acceptors (Lipinski definition) is 4. The van der Waals surface area contributed by atoms with Crippen molar-refractivity contribution in [1.82, 2.24) is 10.2 Å². The molecule has 0 saturated carbocycles. The number of nitrogens with one attached hydrogen (secondary N) is 1. The largest absolute Gasteiger partial charge is 0.493 e. The highest BCUT2D eigenvalue weighted by atomic mass is 79.9. The standard InChI is InChI=1S/C19H23BrCl2N2O2/c1-24(2)9-8-23-11-14-15(20)5-7-18(25-3)19(14)26-12-13-4-6-16(21)17(22)10-13/h4-7,10,23H,8-9,11-12H2,1-3H3. The van der Waals surface area contributed by atoms with Gasteiger partial charge in [0.05, 0.1) is 17.2 Å². The summed E-state index contributed by atoms with van der Waals surface area (Å²) in [6.45, 7) is 2.88. The molecule has 0 bridgehead atoms. The number of methoxy groups -OCH3 is 1. The van der Waals surface area contributed by atoms with Gasteiger partial charge in [-0.25, -0.2) is 0 Å². The zero-order valence-electron chi connectivity index (χ0n) is 15.1. The van der Waals surface area contributed by atoms with Crippen LogP contribution in [0.3, 0.4) is 0 Å². The first-order valence-corrected chi connectivity index (χ1v) is 9.74. The Labute approximate surface area is 173 Å². The molecule has 0 aliphatic carbocycles. The van der Waals surface area contributed by atoms with E-state index in [0.717, 1.165) is 28.7 Å². The van der Waals surface area contributed by atoms with Crippen LogP contribution in [0, 0.1) is 0 Å². The molecule has 0 aliphatic heterocycles. The Balaban J connectivity index is 2.15. The average Bonchev–Trinajstić information content (AvgIpc) is 2.61. The second-order valence-corrected chi connectivity index (χ2v) is 7.74. The van der Waals surface area contributed by atoms with Crippen LogP contribution in [0.15, 0.2) is 34.8 Å². The third-order valence-corrected chi connectivity index (χ3v) is 5.27. The lowest BCUT2D eigenvalue weighted by Crippen LogP contribution is -2.26. The second-order valence-electron chi connectivity index (χ2n) is 6.07. The van der Waals surface area contributed by atoms with Crippen molar-refractivity contribution in [2.24, 2.45) is 0 Å². The average molecular weight is 462 g/mol. The van der Waals surface area contributed by atoms with Gasteiger partial charge in [0.15, 0.2) is 11.5 Å². The van der Waals surface area contributed by atoms with Crippen LogP contribution in [-0.2, 0) is 13.2 Å². The van der Waals surface area contributed by atoms with Crippen molar-refractivity contribution in [1.29, 1.82) is 0 Å². The molecule has 0 atom stereocenters. The van der Waals surface area contributed by atoms with Gasteiger partial charge in [-0.05, 0) is 43.9 Å². The predicted molar refractivity (Wildman–Crippen MR) is 112 cm³/mol. The van der Waals surface area contributed by atoms with E-state index >= 15 is 0 Å². The van der Waals surface area contributed by atoms with E-state index in [-0.39, 0.29) is 0 Å². The van der Waals surface area contributed by atoms with Crippen LogP contribution in [0.1, 0.15) is 11.1 Å². The Morgan fingerprint density at radius 1 is 1.12 bits per heavy atom. The summed E-state index contributed by atoms with van der Waals surface area (Å²) in [7, 11) is 5.74. The predicted octanol–water partition coefficient (Wildman–Crippen LogP) is 4.99. The Bertz CT molecular complexity index is 742. The number of hydrogen-bond donors (Lipinski definition) is 1. The Morgan fingerprint density at radius 2 is 1.88 bits per heavy atom. The number of benzene rings is 2. The molecule has 2 rings (SSSR count). The van der Waals surface area contributed by atoms with Crippen molar-refractivity contribution in [2.75, 3.05) is 34.3 Å². The fraction of sp³-hybridized carbons (Fsp3) is 0.368. The number of ether oxygens (including phenoxy) is 2. The number of halogens is 3. The summed E-state index contributed by atoms with van der Waals surface area (Å²) in [5.74, 6) is 1.41. The van der Waals surface area contributed by atoms with Crippen LogP contribution in [0.2, 0.25) is 10.0 Å². The van der Waals surface area contributed by atoms with Crippen molar-refractivity contribution in [3.63, 3.8) is 0 Å². The molecule has 0 unspecified atom stereocenters. The molecule has 0 radical (unpaired) electrons. The van der Waals surface area contributed by atoms with E-state index in [1.807, 2.05) is 24.3 Å². The number of likely N-dealkylation sites (N-methyl/N-ethyl adjacent to an activating group) is 1. The molecule has 2 aromatic rings. The molecule has 26 heavy (non-hydrogen) atoms. The van der Waals surface area contributed by atoms with Crippen molar-refractivity contribution >= 4 is 39.1 Å². The maximum absolute atomic E-state index is 6.09. The lowest BCUT2D eigenvalue weighted by atomic mass is 10.1. The summed E-state index contributed by atoms with van der Waals surface area (Å²) in [4.78, 5) is 2.13. The molecule has 0 aliphatic rings. The normalized spacial score (nSPS) is 11.0. The van der Waals surface area contributed by atoms with E-state index in [1.165, 1.54) is 0 Å². The van der Waals surface area contributed by atoms with Crippen LogP contribution in [0.25, 0.3) is 0 Å². The summed E-state index contributed by atoms with van der Waals surface area (Å²) in [5.41, 5.74) is 1.95. The third kappa shape index (κ3) is 6.03. The highest BCUT2D eigenvalue weighted by Gasteiger charge is 2.15. The van der Waals surface area contributed by atoms with Gasteiger partial charge < -0.3 is 19.7 Å². The summed E-state index contributed by atoms with van der Waals surface area (Å²) in [6, 6.07) is 9.33. The van der Waals surface area contributed by atoms with Crippen LogP contribution >= 0.6 is 39.1 Å². The second kappa shape index (κ2) is 10.4. The van der Waals surface area contributed by atoms with E-state index in [2.05, 4.69) is 40.2 Å². The van der Waals surface area contributed by atoms with Gasteiger partial charge in [0, 0.05) is 29.7 Å². The molecule has 2 aromatic carbocycles. The van der Waals surface area contributed by atoms with E-state index in [1.54, 1.807) is 13.2 Å². The molecule has 0 spiro atoms. The molecule has 0 heterocycles. The molecule has 0 saturated heterocycles. The molecule has 4 nitrogen and oxygen atoms in total. The fourth-order valence-electron chi connectivity index (χ4n) is 2.37. The van der Waals surface area contributed by atoms with Crippen LogP contribution in [0.5, 0.6) is 11.5 Å². The van der Waals surface area contributed by atoms with E-state index in [9.17, 15) is 0 Å². The zero-order valence-corrected chi connectivity index (χ0v) is 18.2. The lowest BCUT2D eigenvalue weighted by Gasteiger charge is -2.18. The minimum atomic E-state index is 0.369. The molecule has 0 amide bonds. The maximum atomic E-state index is 6.09. The Hall–Kier alpha value is -0.980. The fourth-order valence-corrected chi connectivity index (χ4v) is 3.14. The van der Waals surface area contributed by atoms with Gasteiger partial charge in [-0.1, -0.05) is 45.2 Å². The van der Waals surface area contributed by atoms with E-state index < -0.39 is 0 Å². The monoisotopic (exact) mass is 460 g/mol. The van der Waals surface area contributed by atoms with Gasteiger partial charge in [0.1, 0.15) is 6.61 Å². The van der Waals surface area contributed by atoms with Crippen molar-refractivity contribution in [3.8, 4) is 11.5 Å². The van der Waals surface area contributed by atoms with Crippen molar-refractivity contribution < 1.29 is 9.47 Å². The molecule has 142 valence electrons. The Kier molecular flexibility index (Phi) is 8.51. The van der Waals surface area contributed by atoms with Crippen molar-refractivity contribution in [2.45, 2.75) is 13.2 Å². The highest BCUT2D eigenvalue weighted by molar-refractivity contribution is 9.10. The minimum absolute atomic E-state index is 0.369. The van der Waals surface area contributed by atoms with Crippen LogP contribution in [0.4, 0.5) is 0 Å². The van der Waals surface area contributed by atoms with E-state index in [0.29, 0.717) is 34.7 Å².